The lowest BCUT2D eigenvalue weighted by Crippen LogP contribution is -2.03. The Morgan fingerprint density at radius 3 is 3.00 bits per heavy atom. The third kappa shape index (κ3) is 1.83. The van der Waals surface area contributed by atoms with Crippen molar-refractivity contribution >= 4 is 32.9 Å². The quantitative estimate of drug-likeness (QED) is 0.808. The number of fused-ring (bicyclic) bond motifs is 1. The van der Waals surface area contributed by atoms with Gasteiger partial charge in [-0.25, -0.2) is 4.98 Å². The molecular weight excluding hydrogens is 230 g/mol. The van der Waals surface area contributed by atoms with Crippen LogP contribution in [0.5, 0.6) is 0 Å². The van der Waals surface area contributed by atoms with E-state index in [-0.39, 0.29) is 0 Å². The van der Waals surface area contributed by atoms with E-state index in [1.165, 1.54) is 0 Å². The fourth-order valence-electron chi connectivity index (χ4n) is 1.20. The van der Waals surface area contributed by atoms with Gasteiger partial charge in [0.25, 0.3) is 0 Å². The Morgan fingerprint density at radius 2 is 2.23 bits per heavy atom. The maximum atomic E-state index is 4.36. The van der Waals surface area contributed by atoms with Crippen LogP contribution in [0.2, 0.25) is 0 Å². The molecule has 0 saturated heterocycles. The number of nitrogens with zero attached hydrogens (tertiary/aromatic N) is 1. The molecule has 1 aromatic heterocycles. The van der Waals surface area contributed by atoms with Crippen LogP contribution in [-0.4, -0.2) is 21.8 Å². The highest BCUT2D eigenvalue weighted by molar-refractivity contribution is 9.09. The molecule has 1 aromatic carbocycles. The predicted molar refractivity (Wildman–Crippen MR) is 58.4 cm³/mol. The van der Waals surface area contributed by atoms with Gasteiger partial charge in [0.2, 0.25) is 5.95 Å². The number of hydrogen-bond acceptors (Lipinski definition) is 2. The van der Waals surface area contributed by atoms with Crippen molar-refractivity contribution in [1.82, 2.24) is 9.97 Å². The number of nitrogens with one attached hydrogen (secondary N) is 2. The summed E-state index contributed by atoms with van der Waals surface area (Å²) in [5.74, 6) is 0.834. The summed E-state index contributed by atoms with van der Waals surface area (Å²) < 4.78 is 0. The van der Waals surface area contributed by atoms with Gasteiger partial charge in [-0.05, 0) is 12.1 Å². The van der Waals surface area contributed by atoms with E-state index in [1.54, 1.807) is 0 Å². The highest BCUT2D eigenvalue weighted by atomic mass is 79.9. The van der Waals surface area contributed by atoms with E-state index < -0.39 is 0 Å². The molecule has 0 spiro atoms. The number of alkyl halides is 1. The molecule has 0 fully saturated rings. The minimum Gasteiger partial charge on any atom is -0.355 e. The van der Waals surface area contributed by atoms with Gasteiger partial charge in [0.1, 0.15) is 0 Å². The van der Waals surface area contributed by atoms with Gasteiger partial charge in [-0.2, -0.15) is 0 Å². The molecule has 0 radical (unpaired) electrons. The third-order valence-electron chi connectivity index (χ3n) is 1.78. The van der Waals surface area contributed by atoms with Crippen molar-refractivity contribution in [1.29, 1.82) is 0 Å². The van der Waals surface area contributed by atoms with E-state index in [2.05, 4.69) is 31.2 Å². The van der Waals surface area contributed by atoms with Gasteiger partial charge in [0.15, 0.2) is 0 Å². The SMILES string of the molecule is BrCCNc1nc2ccccc2[nH]1. The van der Waals surface area contributed by atoms with Gasteiger partial charge in [-0.15, -0.1) is 0 Å². The van der Waals surface area contributed by atoms with E-state index in [9.17, 15) is 0 Å². The van der Waals surface area contributed by atoms with Crippen molar-refractivity contribution in [2.75, 3.05) is 17.2 Å². The summed E-state index contributed by atoms with van der Waals surface area (Å²) in [5.41, 5.74) is 2.07. The van der Waals surface area contributed by atoms with Gasteiger partial charge < -0.3 is 10.3 Å². The van der Waals surface area contributed by atoms with Crippen LogP contribution in [0, 0.1) is 0 Å². The summed E-state index contributed by atoms with van der Waals surface area (Å²) in [6.45, 7) is 0.875. The average molecular weight is 240 g/mol. The maximum absolute atomic E-state index is 4.36. The fraction of sp³-hybridized carbons (Fsp3) is 0.222. The fourth-order valence-corrected chi connectivity index (χ4v) is 1.40. The summed E-state index contributed by atoms with van der Waals surface area (Å²) in [7, 11) is 0. The topological polar surface area (TPSA) is 40.7 Å². The van der Waals surface area contributed by atoms with Gasteiger partial charge in [-0.1, -0.05) is 28.1 Å². The second-order valence-electron chi connectivity index (χ2n) is 2.72. The second-order valence-corrected chi connectivity index (χ2v) is 3.51. The molecule has 2 N–H and O–H groups in total. The van der Waals surface area contributed by atoms with Gasteiger partial charge >= 0.3 is 0 Å². The lowest BCUT2D eigenvalue weighted by Gasteiger charge is -1.96. The highest BCUT2D eigenvalue weighted by Gasteiger charge is 1.98. The molecule has 0 amide bonds. The highest BCUT2D eigenvalue weighted by Crippen LogP contribution is 2.12. The molecule has 0 bridgehead atoms. The minimum atomic E-state index is 0.834. The first-order valence-electron chi connectivity index (χ1n) is 4.15. The average Bonchev–Trinajstić information content (AvgIpc) is 2.57. The number of benzene rings is 1. The van der Waals surface area contributed by atoms with E-state index in [4.69, 9.17) is 0 Å². The Bertz CT molecular complexity index is 363. The summed E-state index contributed by atoms with van der Waals surface area (Å²) >= 11 is 3.35. The van der Waals surface area contributed by atoms with Crippen LogP contribution in [0.1, 0.15) is 0 Å². The van der Waals surface area contributed by atoms with Crippen molar-refractivity contribution in [3.05, 3.63) is 24.3 Å². The Balaban J connectivity index is 2.28. The molecule has 0 unspecified atom stereocenters. The first kappa shape index (κ1) is 8.56. The zero-order valence-corrected chi connectivity index (χ0v) is 8.63. The van der Waals surface area contributed by atoms with E-state index in [0.29, 0.717) is 0 Å². The Morgan fingerprint density at radius 1 is 1.38 bits per heavy atom. The molecule has 3 nitrogen and oxygen atoms in total. The molecule has 1 heterocycles. The number of para-hydroxylation sites is 2. The van der Waals surface area contributed by atoms with Gasteiger partial charge in [0, 0.05) is 11.9 Å². The smallest absolute Gasteiger partial charge is 0.201 e. The van der Waals surface area contributed by atoms with Crippen LogP contribution in [0.3, 0.4) is 0 Å². The Kier molecular flexibility index (Phi) is 2.49. The molecular formula is C9H10BrN3. The normalized spacial score (nSPS) is 10.5. The standard InChI is InChI=1S/C9H10BrN3/c10-5-6-11-9-12-7-3-1-2-4-8(7)13-9/h1-4H,5-6H2,(H2,11,12,13). The van der Waals surface area contributed by atoms with Gasteiger partial charge in [-0.3, -0.25) is 0 Å². The molecule has 0 atom stereocenters. The molecule has 0 aliphatic heterocycles. The molecule has 13 heavy (non-hydrogen) atoms. The van der Waals surface area contributed by atoms with E-state index in [1.807, 2.05) is 24.3 Å². The van der Waals surface area contributed by atoms with E-state index >= 15 is 0 Å². The molecule has 0 saturated carbocycles. The number of aromatic nitrogens is 2. The van der Waals surface area contributed by atoms with Crippen molar-refractivity contribution in [3.63, 3.8) is 0 Å². The number of imidazole rings is 1. The predicted octanol–water partition coefficient (Wildman–Crippen LogP) is 2.37. The summed E-state index contributed by atoms with van der Waals surface area (Å²) in [5, 5.41) is 4.09. The lowest BCUT2D eigenvalue weighted by molar-refractivity contribution is 1.16. The molecule has 0 aliphatic carbocycles. The third-order valence-corrected chi connectivity index (χ3v) is 2.17. The number of rotatable bonds is 3. The first-order valence-corrected chi connectivity index (χ1v) is 5.27. The summed E-state index contributed by atoms with van der Waals surface area (Å²) in [6.07, 6.45) is 0. The first-order chi connectivity index (χ1) is 6.40. The lowest BCUT2D eigenvalue weighted by atomic mass is 10.3. The number of hydrogen-bond donors (Lipinski definition) is 2. The monoisotopic (exact) mass is 239 g/mol. The van der Waals surface area contributed by atoms with Crippen LogP contribution in [0.15, 0.2) is 24.3 Å². The second kappa shape index (κ2) is 3.79. The van der Waals surface area contributed by atoms with Crippen LogP contribution in [0.4, 0.5) is 5.95 Å². The largest absolute Gasteiger partial charge is 0.355 e. The van der Waals surface area contributed by atoms with Crippen molar-refractivity contribution in [2.24, 2.45) is 0 Å². The zero-order valence-electron chi connectivity index (χ0n) is 7.05. The summed E-state index contributed by atoms with van der Waals surface area (Å²) in [6, 6.07) is 7.99. The van der Waals surface area contributed by atoms with Crippen LogP contribution in [0.25, 0.3) is 11.0 Å². The maximum Gasteiger partial charge on any atom is 0.201 e. The van der Waals surface area contributed by atoms with Gasteiger partial charge in [0.05, 0.1) is 11.0 Å². The number of H-pyrrole nitrogens is 1. The van der Waals surface area contributed by atoms with Crippen LogP contribution in [-0.2, 0) is 0 Å². The minimum absolute atomic E-state index is 0.834. The molecule has 4 heteroatoms. The van der Waals surface area contributed by atoms with E-state index in [0.717, 1.165) is 28.9 Å². The number of anilines is 1. The molecule has 2 aromatic rings. The number of aromatic amines is 1. The Labute approximate surface area is 84.7 Å². The zero-order chi connectivity index (χ0) is 9.10. The molecule has 68 valence electrons. The molecule has 2 rings (SSSR count). The van der Waals surface area contributed by atoms with Crippen molar-refractivity contribution in [3.8, 4) is 0 Å². The summed E-state index contributed by atoms with van der Waals surface area (Å²) in [4.78, 5) is 7.55. The van der Waals surface area contributed by atoms with Crippen LogP contribution >= 0.6 is 15.9 Å². The van der Waals surface area contributed by atoms with Crippen LogP contribution < -0.4 is 5.32 Å². The Hall–Kier alpha value is -1.03. The molecule has 0 aliphatic rings. The van der Waals surface area contributed by atoms with Crippen molar-refractivity contribution < 1.29 is 0 Å². The van der Waals surface area contributed by atoms with Crippen molar-refractivity contribution in [2.45, 2.75) is 0 Å². The number of halogens is 1.